The maximum absolute atomic E-state index is 12.7. The van der Waals surface area contributed by atoms with Gasteiger partial charge in [0.05, 0.1) is 37.6 Å². The van der Waals surface area contributed by atoms with Crippen molar-refractivity contribution in [1.82, 2.24) is 0 Å². The van der Waals surface area contributed by atoms with Gasteiger partial charge in [-0.05, 0) is 92.8 Å². The number of aliphatic hydroxyl groups is 7. The molecule has 1 spiro atoms. The second-order valence-electron chi connectivity index (χ2n) is 18.9. The fourth-order valence-electron chi connectivity index (χ4n) is 12.9. The Hall–Kier alpha value is -0.740. The van der Waals surface area contributed by atoms with Crippen LogP contribution in [0.1, 0.15) is 98.8 Å². The maximum atomic E-state index is 12.7. The van der Waals surface area contributed by atoms with Gasteiger partial charge in [0, 0.05) is 17.8 Å². The topological polar surface area (TPSA) is 188 Å². The molecule has 4 saturated carbocycles. The zero-order valence-corrected chi connectivity index (χ0v) is 31.5. The number of rotatable bonds is 5. The molecule has 3 heterocycles. The Labute approximate surface area is 307 Å². The van der Waals surface area contributed by atoms with Crippen LogP contribution < -0.4 is 0 Å². The van der Waals surface area contributed by atoms with Gasteiger partial charge in [-0.15, -0.1) is 0 Å². The van der Waals surface area contributed by atoms with E-state index in [1.807, 2.05) is 0 Å². The standard InChI is InChI=1S/C40H64O12/c1-19-8-13-39(48-18-19)21(3)40(47)29(52-39)16-26-24-7-6-22-15-23(9-11-37(22,4)25(24)10-12-38(26,40)5)49-36-35(34(46)32(44)28(17-41)51-36)50-27-14-20(2)30(42)33(45)31(27)43/h6,19-21,23-36,41-47H,7-18H2,1-5H3/t19-,20-,21-,23?,24-,25+,26+,27-,28-,29+,30+,31+,32-,33-,34+,35-,36-,37+,38+,39-,40-/m1/s1. The molecule has 12 heteroatoms. The van der Waals surface area contributed by atoms with Gasteiger partial charge in [0.1, 0.15) is 42.2 Å². The van der Waals surface area contributed by atoms with Gasteiger partial charge in [0.15, 0.2) is 12.1 Å². The number of hydrogen-bond donors (Lipinski definition) is 7. The predicted molar refractivity (Wildman–Crippen MR) is 186 cm³/mol. The van der Waals surface area contributed by atoms with Crippen molar-refractivity contribution >= 4 is 0 Å². The minimum atomic E-state index is -1.47. The fourth-order valence-corrected chi connectivity index (χ4v) is 12.9. The second kappa shape index (κ2) is 13.4. The van der Waals surface area contributed by atoms with Crippen LogP contribution in [-0.2, 0) is 23.7 Å². The zero-order valence-electron chi connectivity index (χ0n) is 31.5. The Morgan fingerprint density at radius 1 is 0.846 bits per heavy atom. The summed E-state index contributed by atoms with van der Waals surface area (Å²) in [5.41, 5.74) is 0.162. The van der Waals surface area contributed by atoms with Crippen LogP contribution in [0.4, 0.5) is 0 Å². The van der Waals surface area contributed by atoms with Crippen LogP contribution in [0.5, 0.6) is 0 Å². The number of ether oxygens (including phenoxy) is 5. The van der Waals surface area contributed by atoms with E-state index in [-0.39, 0.29) is 41.3 Å². The highest BCUT2D eigenvalue weighted by Gasteiger charge is 2.76. The first-order valence-corrected chi connectivity index (χ1v) is 20.3. The minimum Gasteiger partial charge on any atom is -0.394 e. The summed E-state index contributed by atoms with van der Waals surface area (Å²) in [6.45, 7) is 11.0. The van der Waals surface area contributed by atoms with E-state index in [4.69, 9.17) is 23.7 Å². The van der Waals surface area contributed by atoms with Gasteiger partial charge in [-0.25, -0.2) is 0 Å². The second-order valence-corrected chi connectivity index (χ2v) is 18.9. The smallest absolute Gasteiger partial charge is 0.187 e. The Morgan fingerprint density at radius 3 is 2.33 bits per heavy atom. The van der Waals surface area contributed by atoms with Crippen LogP contribution in [0.15, 0.2) is 11.6 Å². The third-order valence-electron chi connectivity index (χ3n) is 16.3. The van der Waals surface area contributed by atoms with Crippen LogP contribution in [-0.4, -0.2) is 128 Å². The molecule has 0 bridgehead atoms. The van der Waals surface area contributed by atoms with Gasteiger partial charge < -0.3 is 59.4 Å². The number of fused-ring (bicyclic) bond motifs is 7. The molecule has 8 rings (SSSR count). The molecule has 7 N–H and O–H groups in total. The van der Waals surface area contributed by atoms with Crippen molar-refractivity contribution in [3.8, 4) is 0 Å². The van der Waals surface area contributed by atoms with Crippen molar-refractivity contribution in [2.75, 3.05) is 13.2 Å². The molecule has 0 aromatic heterocycles. The summed E-state index contributed by atoms with van der Waals surface area (Å²) in [6.07, 6.45) is -1.06. The number of hydrogen-bond acceptors (Lipinski definition) is 12. The summed E-state index contributed by atoms with van der Waals surface area (Å²) < 4.78 is 32.0. The molecule has 0 aromatic rings. The lowest BCUT2D eigenvalue weighted by Crippen LogP contribution is -2.63. The average Bonchev–Trinajstić information content (AvgIpc) is 3.48. The van der Waals surface area contributed by atoms with Gasteiger partial charge in [-0.3, -0.25) is 0 Å². The molecule has 3 saturated heterocycles. The Kier molecular flexibility index (Phi) is 9.86. The number of aliphatic hydroxyl groups excluding tert-OH is 6. The quantitative estimate of drug-likeness (QED) is 0.204. The van der Waals surface area contributed by atoms with E-state index in [1.54, 1.807) is 6.92 Å². The van der Waals surface area contributed by atoms with E-state index in [0.717, 1.165) is 51.4 Å². The largest absolute Gasteiger partial charge is 0.394 e. The zero-order chi connectivity index (χ0) is 37.1. The minimum absolute atomic E-state index is 0.0211. The lowest BCUT2D eigenvalue weighted by atomic mass is 9.46. The van der Waals surface area contributed by atoms with Crippen molar-refractivity contribution < 1.29 is 59.4 Å². The summed E-state index contributed by atoms with van der Waals surface area (Å²) in [5.74, 6) is 0.620. The normalized spacial score (nSPS) is 58.9. The Bertz CT molecular complexity index is 1350. The molecule has 8 aliphatic rings. The van der Waals surface area contributed by atoms with Crippen LogP contribution in [0.25, 0.3) is 0 Å². The Morgan fingerprint density at radius 2 is 1.62 bits per heavy atom. The van der Waals surface area contributed by atoms with Crippen molar-refractivity contribution in [2.24, 2.45) is 46.3 Å². The first-order valence-electron chi connectivity index (χ1n) is 20.3. The molecule has 0 amide bonds. The summed E-state index contributed by atoms with van der Waals surface area (Å²) in [7, 11) is 0. The highest BCUT2D eigenvalue weighted by atomic mass is 16.7. The summed E-state index contributed by atoms with van der Waals surface area (Å²) in [5, 5.41) is 76.1. The molecule has 12 nitrogen and oxygen atoms in total. The average molecular weight is 737 g/mol. The first-order chi connectivity index (χ1) is 24.6. The summed E-state index contributed by atoms with van der Waals surface area (Å²) in [6, 6.07) is 0. The molecule has 1 unspecified atom stereocenters. The highest BCUT2D eigenvalue weighted by molar-refractivity contribution is 5.29. The molecular weight excluding hydrogens is 672 g/mol. The van der Waals surface area contributed by atoms with Crippen LogP contribution >= 0.6 is 0 Å². The molecule has 7 fully saturated rings. The molecule has 3 aliphatic heterocycles. The van der Waals surface area contributed by atoms with Crippen molar-refractivity contribution in [2.45, 2.75) is 178 Å². The van der Waals surface area contributed by atoms with Gasteiger partial charge in [-0.2, -0.15) is 0 Å². The van der Waals surface area contributed by atoms with Gasteiger partial charge in [0.2, 0.25) is 0 Å². The Balaban J connectivity index is 0.977. The van der Waals surface area contributed by atoms with E-state index in [9.17, 15) is 35.7 Å². The monoisotopic (exact) mass is 736 g/mol. The fraction of sp³-hybridized carbons (Fsp3) is 0.950. The summed E-state index contributed by atoms with van der Waals surface area (Å²) >= 11 is 0. The molecule has 5 aliphatic carbocycles. The van der Waals surface area contributed by atoms with Crippen molar-refractivity contribution in [1.29, 1.82) is 0 Å². The third kappa shape index (κ3) is 5.51. The number of allylic oxidation sites excluding steroid dienone is 1. The molecule has 296 valence electrons. The van der Waals surface area contributed by atoms with Crippen LogP contribution in [0, 0.1) is 46.3 Å². The van der Waals surface area contributed by atoms with E-state index in [2.05, 4.69) is 33.8 Å². The van der Waals surface area contributed by atoms with E-state index >= 15 is 0 Å². The lowest BCUT2D eigenvalue weighted by molar-refractivity contribution is -0.335. The van der Waals surface area contributed by atoms with Crippen LogP contribution in [0.3, 0.4) is 0 Å². The SMILES string of the molecule is C[C@@H]1CC[C@@]2(OC1)O[C@H]1C[C@H]3[C@@H]4CC=C5CC(O[C@@H]6O[C@H](CO)[C@@H](O)[C@H](O)[C@H]6O[C@@H]6C[C@@H](C)[C@H](O)[C@@H](O)[C@H]6O)CC[C@]5(C)[C@H]4CC[C@]3(C)[C@@]1(O)[C@@H]2C. The molecule has 0 radical (unpaired) electrons. The lowest BCUT2D eigenvalue weighted by Gasteiger charge is -2.60. The summed E-state index contributed by atoms with van der Waals surface area (Å²) in [4.78, 5) is 0. The van der Waals surface area contributed by atoms with Gasteiger partial charge in [-0.1, -0.05) is 46.3 Å². The van der Waals surface area contributed by atoms with E-state index in [0.29, 0.717) is 36.7 Å². The highest BCUT2D eigenvalue weighted by Crippen LogP contribution is 2.72. The van der Waals surface area contributed by atoms with Crippen molar-refractivity contribution in [3.05, 3.63) is 11.6 Å². The van der Waals surface area contributed by atoms with Crippen LogP contribution in [0.2, 0.25) is 0 Å². The van der Waals surface area contributed by atoms with E-state index < -0.39 is 73.1 Å². The van der Waals surface area contributed by atoms with Crippen molar-refractivity contribution in [3.63, 3.8) is 0 Å². The maximum Gasteiger partial charge on any atom is 0.187 e. The third-order valence-corrected chi connectivity index (χ3v) is 16.3. The first kappa shape index (κ1) is 38.1. The van der Waals surface area contributed by atoms with E-state index in [1.165, 1.54) is 5.57 Å². The molecule has 21 atom stereocenters. The molecule has 0 aromatic carbocycles. The van der Waals surface area contributed by atoms with Gasteiger partial charge >= 0.3 is 0 Å². The molecule has 52 heavy (non-hydrogen) atoms. The predicted octanol–water partition coefficient (Wildman–Crippen LogP) is 2.17. The van der Waals surface area contributed by atoms with Gasteiger partial charge in [0.25, 0.3) is 0 Å². The molecular formula is C40H64O12.